The van der Waals surface area contributed by atoms with Crippen LogP contribution in [0.4, 0.5) is 0 Å². The lowest BCUT2D eigenvalue weighted by Crippen LogP contribution is -2.21. The van der Waals surface area contributed by atoms with Crippen LogP contribution < -0.4 is 15.8 Å². The fourth-order valence-electron chi connectivity index (χ4n) is 1.56. The van der Waals surface area contributed by atoms with Crippen LogP contribution in [0.5, 0.6) is 5.75 Å². The fourth-order valence-corrected chi connectivity index (χ4v) is 2.46. The summed E-state index contributed by atoms with van der Waals surface area (Å²) in [6.45, 7) is 0. The van der Waals surface area contributed by atoms with Crippen LogP contribution in [0.3, 0.4) is 0 Å². The Morgan fingerprint density at radius 1 is 1.53 bits per heavy atom. The molecule has 0 heterocycles. The number of thioether (sulfide) groups is 1. The van der Waals surface area contributed by atoms with Gasteiger partial charge in [0, 0.05) is 17.4 Å². The monoisotopic (exact) mass is 254 g/mol. The Kier molecular flexibility index (Phi) is 5.86. The van der Waals surface area contributed by atoms with Gasteiger partial charge in [0.1, 0.15) is 5.75 Å². The Labute approximate surface area is 106 Å². The van der Waals surface area contributed by atoms with E-state index in [0.29, 0.717) is 5.75 Å². The first-order valence-corrected chi connectivity index (χ1v) is 6.50. The van der Waals surface area contributed by atoms with E-state index < -0.39 is 0 Å². The topological polar surface area (TPSA) is 64.3 Å². The maximum Gasteiger partial charge on any atom is 0.227 e. The molecule has 0 aromatic heterocycles. The number of benzene rings is 1. The summed E-state index contributed by atoms with van der Waals surface area (Å²) in [5.41, 5.74) is 6.20. The standard InChI is InChI=1S/C12H18N2O2S/c1-14-10(7-17-8-12(13)15)9-5-3-4-6-11(9)16-2/h3-6,10,14H,7-8H2,1-2H3,(H2,13,15). The molecule has 0 spiro atoms. The Balaban J connectivity index is 2.68. The molecule has 1 unspecified atom stereocenters. The highest BCUT2D eigenvalue weighted by Gasteiger charge is 2.14. The molecule has 0 aliphatic carbocycles. The molecule has 1 amide bonds. The van der Waals surface area contributed by atoms with Crippen molar-refractivity contribution in [3.63, 3.8) is 0 Å². The number of methoxy groups -OCH3 is 1. The lowest BCUT2D eigenvalue weighted by molar-refractivity contribution is -0.115. The highest BCUT2D eigenvalue weighted by atomic mass is 32.2. The van der Waals surface area contributed by atoms with Crippen LogP contribution in [0, 0.1) is 0 Å². The molecule has 0 aliphatic rings. The van der Waals surface area contributed by atoms with E-state index in [1.807, 2.05) is 31.3 Å². The molecule has 1 atom stereocenters. The van der Waals surface area contributed by atoms with Crippen LogP contribution in [-0.2, 0) is 4.79 Å². The van der Waals surface area contributed by atoms with Gasteiger partial charge in [0.2, 0.25) is 5.91 Å². The molecule has 17 heavy (non-hydrogen) atoms. The number of rotatable bonds is 7. The fraction of sp³-hybridized carbons (Fsp3) is 0.417. The van der Waals surface area contributed by atoms with Gasteiger partial charge in [0.15, 0.2) is 0 Å². The van der Waals surface area contributed by atoms with Gasteiger partial charge < -0.3 is 15.8 Å². The van der Waals surface area contributed by atoms with Crippen LogP contribution in [0.25, 0.3) is 0 Å². The predicted molar refractivity (Wildman–Crippen MR) is 71.3 cm³/mol. The van der Waals surface area contributed by atoms with Gasteiger partial charge in [-0.25, -0.2) is 0 Å². The number of nitrogens with two attached hydrogens (primary N) is 1. The van der Waals surface area contributed by atoms with Crippen LogP contribution >= 0.6 is 11.8 Å². The van der Waals surface area contributed by atoms with Crippen LogP contribution in [0.2, 0.25) is 0 Å². The van der Waals surface area contributed by atoms with Crippen molar-refractivity contribution in [1.29, 1.82) is 0 Å². The summed E-state index contributed by atoms with van der Waals surface area (Å²) >= 11 is 1.52. The minimum atomic E-state index is -0.287. The van der Waals surface area contributed by atoms with Crippen molar-refractivity contribution in [2.24, 2.45) is 5.73 Å². The van der Waals surface area contributed by atoms with E-state index in [0.717, 1.165) is 17.1 Å². The van der Waals surface area contributed by atoms with Crippen molar-refractivity contribution in [2.45, 2.75) is 6.04 Å². The third-order valence-corrected chi connectivity index (χ3v) is 3.45. The van der Waals surface area contributed by atoms with Crippen molar-refractivity contribution in [3.8, 4) is 5.75 Å². The first-order valence-electron chi connectivity index (χ1n) is 5.35. The molecule has 0 aliphatic heterocycles. The number of primary amides is 1. The Hall–Kier alpha value is -1.20. The number of carbonyl (C=O) groups is 1. The summed E-state index contributed by atoms with van der Waals surface area (Å²) in [5.74, 6) is 1.68. The first kappa shape index (κ1) is 13.9. The zero-order valence-corrected chi connectivity index (χ0v) is 10.9. The van der Waals surface area contributed by atoms with Gasteiger partial charge in [-0.3, -0.25) is 4.79 Å². The highest BCUT2D eigenvalue weighted by Crippen LogP contribution is 2.26. The quantitative estimate of drug-likeness (QED) is 0.767. The third kappa shape index (κ3) is 4.28. The third-order valence-electron chi connectivity index (χ3n) is 2.39. The summed E-state index contributed by atoms with van der Waals surface area (Å²) in [5, 5.41) is 3.21. The van der Waals surface area contributed by atoms with Gasteiger partial charge in [-0.2, -0.15) is 11.8 Å². The Morgan fingerprint density at radius 3 is 2.82 bits per heavy atom. The van der Waals surface area contributed by atoms with Crippen molar-refractivity contribution < 1.29 is 9.53 Å². The second-order valence-corrected chi connectivity index (χ2v) is 4.59. The molecular weight excluding hydrogens is 236 g/mol. The van der Waals surface area contributed by atoms with E-state index in [1.165, 1.54) is 11.8 Å². The zero-order chi connectivity index (χ0) is 12.7. The number of ether oxygens (including phenoxy) is 1. The number of nitrogens with one attached hydrogen (secondary N) is 1. The van der Waals surface area contributed by atoms with E-state index >= 15 is 0 Å². The first-order chi connectivity index (χ1) is 8.19. The van der Waals surface area contributed by atoms with Gasteiger partial charge in [-0.05, 0) is 13.1 Å². The average molecular weight is 254 g/mol. The SMILES string of the molecule is CNC(CSCC(N)=O)c1ccccc1OC. The van der Waals surface area contributed by atoms with Crippen molar-refractivity contribution in [1.82, 2.24) is 5.32 Å². The molecule has 1 aromatic rings. The second kappa shape index (κ2) is 7.19. The molecular formula is C12H18N2O2S. The second-order valence-electron chi connectivity index (χ2n) is 3.56. The van der Waals surface area contributed by atoms with Gasteiger partial charge in [0.05, 0.1) is 12.9 Å². The molecule has 0 radical (unpaired) electrons. The largest absolute Gasteiger partial charge is 0.496 e. The van der Waals surface area contributed by atoms with E-state index in [1.54, 1.807) is 7.11 Å². The highest BCUT2D eigenvalue weighted by molar-refractivity contribution is 7.99. The number of hydrogen-bond donors (Lipinski definition) is 2. The molecule has 0 bridgehead atoms. The van der Waals surface area contributed by atoms with Crippen LogP contribution in [0.1, 0.15) is 11.6 Å². The molecule has 3 N–H and O–H groups in total. The van der Waals surface area contributed by atoms with Gasteiger partial charge in [-0.1, -0.05) is 18.2 Å². The molecule has 1 aromatic carbocycles. The number of hydrogen-bond acceptors (Lipinski definition) is 4. The van der Waals surface area contributed by atoms with Gasteiger partial charge in [0.25, 0.3) is 0 Å². The maximum absolute atomic E-state index is 10.7. The predicted octanol–water partition coefficient (Wildman–Crippen LogP) is 1.17. The molecule has 0 saturated carbocycles. The molecule has 1 rings (SSSR count). The number of carbonyl (C=O) groups excluding carboxylic acids is 1. The van der Waals surface area contributed by atoms with E-state index in [2.05, 4.69) is 5.32 Å². The molecule has 0 saturated heterocycles. The lowest BCUT2D eigenvalue weighted by atomic mass is 10.1. The smallest absolute Gasteiger partial charge is 0.227 e. The minimum Gasteiger partial charge on any atom is -0.496 e. The number of amides is 1. The van der Waals surface area contributed by atoms with E-state index in [9.17, 15) is 4.79 Å². The average Bonchev–Trinajstić information content (AvgIpc) is 2.34. The van der Waals surface area contributed by atoms with Crippen molar-refractivity contribution in [3.05, 3.63) is 29.8 Å². The lowest BCUT2D eigenvalue weighted by Gasteiger charge is -2.18. The summed E-state index contributed by atoms with van der Waals surface area (Å²) in [7, 11) is 3.55. The molecule has 4 nitrogen and oxygen atoms in total. The molecule has 94 valence electrons. The van der Waals surface area contributed by atoms with E-state index in [4.69, 9.17) is 10.5 Å². The summed E-state index contributed by atoms with van der Waals surface area (Å²) in [6, 6.07) is 8.01. The Morgan fingerprint density at radius 2 is 2.24 bits per heavy atom. The molecule has 0 fully saturated rings. The van der Waals surface area contributed by atoms with Gasteiger partial charge in [-0.15, -0.1) is 0 Å². The zero-order valence-electron chi connectivity index (χ0n) is 10.1. The minimum absolute atomic E-state index is 0.149. The summed E-state index contributed by atoms with van der Waals surface area (Å²) < 4.78 is 5.31. The number of para-hydroxylation sites is 1. The van der Waals surface area contributed by atoms with Crippen molar-refractivity contribution in [2.75, 3.05) is 25.7 Å². The van der Waals surface area contributed by atoms with Crippen LogP contribution in [0.15, 0.2) is 24.3 Å². The normalized spacial score (nSPS) is 12.1. The molecule has 5 heteroatoms. The van der Waals surface area contributed by atoms with Gasteiger partial charge >= 0.3 is 0 Å². The maximum atomic E-state index is 10.7. The summed E-state index contributed by atoms with van der Waals surface area (Å²) in [4.78, 5) is 10.7. The van der Waals surface area contributed by atoms with E-state index in [-0.39, 0.29) is 11.9 Å². The van der Waals surface area contributed by atoms with Crippen molar-refractivity contribution >= 4 is 17.7 Å². The van der Waals surface area contributed by atoms with Crippen LogP contribution in [-0.4, -0.2) is 31.6 Å². The summed E-state index contributed by atoms with van der Waals surface area (Å²) in [6.07, 6.45) is 0. The Bertz CT molecular complexity index is 371.